The van der Waals surface area contributed by atoms with E-state index in [9.17, 15) is 8.42 Å². The molecule has 0 N–H and O–H groups in total. The van der Waals surface area contributed by atoms with Crippen LogP contribution in [0.4, 0.5) is 0 Å². The molecule has 0 aliphatic carbocycles. The van der Waals surface area contributed by atoms with Gasteiger partial charge in [0.15, 0.2) is 0 Å². The highest BCUT2D eigenvalue weighted by Gasteiger charge is 2.05. The number of aromatic nitrogens is 1. The van der Waals surface area contributed by atoms with Gasteiger partial charge < -0.3 is 0 Å². The van der Waals surface area contributed by atoms with Crippen molar-refractivity contribution < 1.29 is 8.42 Å². The highest BCUT2D eigenvalue weighted by Crippen LogP contribution is 2.17. The van der Waals surface area contributed by atoms with Crippen molar-refractivity contribution in [2.45, 2.75) is 5.03 Å². The normalized spacial score (nSPS) is 11.6. The quantitative estimate of drug-likeness (QED) is 0.623. The van der Waals surface area contributed by atoms with E-state index >= 15 is 0 Å². The van der Waals surface area contributed by atoms with E-state index in [1.807, 2.05) is 0 Å². The summed E-state index contributed by atoms with van der Waals surface area (Å²) in [6.45, 7) is 0. The molecule has 0 amide bonds. The predicted octanol–water partition coefficient (Wildman–Crippen LogP) is 2.40. The summed E-state index contributed by atoms with van der Waals surface area (Å²) in [5.41, 5.74) is 0. The average Bonchev–Trinajstić information content (AvgIpc) is 2.06. The Balaban J connectivity index is 2.43. The zero-order valence-electron chi connectivity index (χ0n) is 6.98. The van der Waals surface area contributed by atoms with Crippen LogP contribution in [0.1, 0.15) is 0 Å². The fourth-order valence-electron chi connectivity index (χ4n) is 0.693. The maximum absolute atomic E-state index is 10.6. The van der Waals surface area contributed by atoms with E-state index in [0.29, 0.717) is 10.8 Å². The summed E-state index contributed by atoms with van der Waals surface area (Å²) in [4.78, 5) is 3.99. The second kappa shape index (κ2) is 5.21. The molecule has 0 aliphatic rings. The van der Waals surface area contributed by atoms with Crippen LogP contribution in [-0.4, -0.2) is 24.9 Å². The van der Waals surface area contributed by atoms with Gasteiger partial charge in [-0.3, -0.25) is 0 Å². The van der Waals surface area contributed by atoms with E-state index in [-0.39, 0.29) is 5.75 Å². The third-order valence-corrected chi connectivity index (χ3v) is 3.86. The topological polar surface area (TPSA) is 47.0 Å². The van der Waals surface area contributed by atoms with E-state index < -0.39 is 9.05 Å². The highest BCUT2D eigenvalue weighted by atomic mass is 35.7. The summed E-state index contributed by atoms with van der Waals surface area (Å²) >= 11 is 6.95. The van der Waals surface area contributed by atoms with Crippen molar-refractivity contribution >= 4 is 43.1 Å². The molecule has 0 saturated heterocycles. The second-order valence-corrected chi connectivity index (χ2v) is 6.85. The van der Waals surface area contributed by atoms with Crippen LogP contribution in [0.2, 0.25) is 5.02 Å². The lowest BCUT2D eigenvalue weighted by molar-refractivity contribution is 0.611. The van der Waals surface area contributed by atoms with Crippen LogP contribution in [0.3, 0.4) is 0 Å². The second-order valence-electron chi connectivity index (χ2n) is 2.41. The van der Waals surface area contributed by atoms with Gasteiger partial charge in [0, 0.05) is 22.6 Å². The molecule has 7 heteroatoms. The molecule has 3 nitrogen and oxygen atoms in total. The lowest BCUT2D eigenvalue weighted by Crippen LogP contribution is -1.99. The van der Waals surface area contributed by atoms with Gasteiger partial charge in [0.1, 0.15) is 0 Å². The highest BCUT2D eigenvalue weighted by molar-refractivity contribution is 8.14. The molecule has 0 atom stereocenters. The smallest absolute Gasteiger partial charge is 0.233 e. The Kier molecular flexibility index (Phi) is 4.50. The Morgan fingerprint density at radius 2 is 2.14 bits per heavy atom. The van der Waals surface area contributed by atoms with Gasteiger partial charge in [-0.2, -0.15) is 0 Å². The van der Waals surface area contributed by atoms with E-state index in [2.05, 4.69) is 4.98 Å². The van der Waals surface area contributed by atoms with Crippen LogP contribution in [0.25, 0.3) is 0 Å². The molecular weight excluding hydrogens is 265 g/mol. The van der Waals surface area contributed by atoms with Crippen molar-refractivity contribution in [3.63, 3.8) is 0 Å². The lowest BCUT2D eigenvalue weighted by atomic mass is 10.5. The van der Waals surface area contributed by atoms with Crippen LogP contribution in [0, 0.1) is 0 Å². The minimum absolute atomic E-state index is 0.0659. The fourth-order valence-corrected chi connectivity index (χ4v) is 3.00. The maximum Gasteiger partial charge on any atom is 0.233 e. The minimum Gasteiger partial charge on any atom is -0.248 e. The largest absolute Gasteiger partial charge is 0.248 e. The van der Waals surface area contributed by atoms with E-state index in [1.54, 1.807) is 12.1 Å². The molecule has 0 aromatic carbocycles. The summed E-state index contributed by atoms with van der Waals surface area (Å²) in [6.07, 6.45) is 1.51. The zero-order valence-corrected chi connectivity index (χ0v) is 10.1. The van der Waals surface area contributed by atoms with Gasteiger partial charge in [-0.25, -0.2) is 13.4 Å². The fraction of sp³-hybridized carbons (Fsp3) is 0.286. The molecule has 1 rings (SSSR count). The molecule has 0 aliphatic heterocycles. The van der Waals surface area contributed by atoms with Crippen LogP contribution in [0.5, 0.6) is 0 Å². The first-order chi connectivity index (χ1) is 6.47. The number of rotatable bonds is 4. The van der Waals surface area contributed by atoms with Gasteiger partial charge >= 0.3 is 0 Å². The van der Waals surface area contributed by atoms with Crippen LogP contribution in [-0.2, 0) is 9.05 Å². The third-order valence-electron chi connectivity index (χ3n) is 1.28. The van der Waals surface area contributed by atoms with Crippen LogP contribution >= 0.6 is 34.0 Å². The van der Waals surface area contributed by atoms with Gasteiger partial charge in [0.05, 0.1) is 15.8 Å². The van der Waals surface area contributed by atoms with Gasteiger partial charge in [0.2, 0.25) is 9.05 Å². The Morgan fingerprint density at radius 1 is 1.43 bits per heavy atom. The summed E-state index contributed by atoms with van der Waals surface area (Å²) < 4.78 is 21.2. The Labute approximate surface area is 96.2 Å². The van der Waals surface area contributed by atoms with Gasteiger partial charge in [-0.05, 0) is 12.1 Å². The standard InChI is InChI=1S/C7H7Cl2NO2S2/c8-6-1-2-7(10-5-6)13-3-4-14(9,11)12/h1-2,5H,3-4H2. The molecule has 0 unspecified atom stereocenters. The molecule has 0 fully saturated rings. The molecule has 0 radical (unpaired) electrons. The van der Waals surface area contributed by atoms with Crippen molar-refractivity contribution in [2.75, 3.05) is 11.5 Å². The minimum atomic E-state index is -3.40. The summed E-state index contributed by atoms with van der Waals surface area (Å²) in [7, 11) is 1.64. The molecule has 0 saturated carbocycles. The van der Waals surface area contributed by atoms with E-state index in [4.69, 9.17) is 22.3 Å². The molecule has 14 heavy (non-hydrogen) atoms. The van der Waals surface area contributed by atoms with Crippen molar-refractivity contribution in [1.29, 1.82) is 0 Å². The van der Waals surface area contributed by atoms with E-state index in [1.165, 1.54) is 18.0 Å². The SMILES string of the molecule is O=S(=O)(Cl)CCSc1ccc(Cl)cn1. The molecule has 1 heterocycles. The van der Waals surface area contributed by atoms with Gasteiger partial charge in [-0.15, -0.1) is 11.8 Å². The first-order valence-electron chi connectivity index (χ1n) is 3.64. The number of thioether (sulfide) groups is 1. The number of hydrogen-bond donors (Lipinski definition) is 0. The monoisotopic (exact) mass is 271 g/mol. The third kappa shape index (κ3) is 5.05. The van der Waals surface area contributed by atoms with Gasteiger partial charge in [0.25, 0.3) is 0 Å². The van der Waals surface area contributed by atoms with Crippen LogP contribution < -0.4 is 0 Å². The number of hydrogen-bond acceptors (Lipinski definition) is 4. The molecule has 0 bridgehead atoms. The first kappa shape index (κ1) is 12.1. The summed E-state index contributed by atoms with van der Waals surface area (Å²) in [5, 5.41) is 1.29. The molecule has 1 aromatic rings. The molecule has 78 valence electrons. The maximum atomic E-state index is 10.6. The van der Waals surface area contributed by atoms with Gasteiger partial charge in [-0.1, -0.05) is 11.6 Å². The zero-order chi connectivity index (χ0) is 10.6. The Hall–Kier alpha value is 0.0300. The molecule has 1 aromatic heterocycles. The van der Waals surface area contributed by atoms with Crippen molar-refractivity contribution in [3.8, 4) is 0 Å². The number of nitrogens with zero attached hydrogens (tertiary/aromatic N) is 1. The average molecular weight is 272 g/mol. The predicted molar refractivity (Wildman–Crippen MR) is 59.6 cm³/mol. The summed E-state index contributed by atoms with van der Waals surface area (Å²) in [6, 6.07) is 3.43. The van der Waals surface area contributed by atoms with Crippen molar-refractivity contribution in [1.82, 2.24) is 4.98 Å². The van der Waals surface area contributed by atoms with E-state index in [0.717, 1.165) is 5.03 Å². The number of halogens is 2. The Bertz CT molecular complexity index is 391. The number of pyridine rings is 1. The first-order valence-corrected chi connectivity index (χ1v) is 7.48. The van der Waals surface area contributed by atoms with Crippen molar-refractivity contribution in [2.24, 2.45) is 0 Å². The molecular formula is C7H7Cl2NO2S2. The Morgan fingerprint density at radius 3 is 2.64 bits per heavy atom. The van der Waals surface area contributed by atoms with Crippen LogP contribution in [0.15, 0.2) is 23.4 Å². The lowest BCUT2D eigenvalue weighted by Gasteiger charge is -1.98. The molecule has 0 spiro atoms. The van der Waals surface area contributed by atoms with Crippen molar-refractivity contribution in [3.05, 3.63) is 23.4 Å². The summed E-state index contributed by atoms with van der Waals surface area (Å²) in [5.74, 6) is 0.323.